The molecule has 1 heterocycles. The molecule has 2 unspecified atom stereocenters. The third-order valence-corrected chi connectivity index (χ3v) is 4.20. The van der Waals surface area contributed by atoms with Gasteiger partial charge in [-0.15, -0.1) is 0 Å². The van der Waals surface area contributed by atoms with Gasteiger partial charge < -0.3 is 5.11 Å². The number of benzene rings is 1. The molecule has 1 aromatic rings. The number of hydrogen-bond donors (Lipinski definition) is 1. The van der Waals surface area contributed by atoms with E-state index in [-0.39, 0.29) is 0 Å². The van der Waals surface area contributed by atoms with Gasteiger partial charge in [-0.3, -0.25) is 9.69 Å². The van der Waals surface area contributed by atoms with E-state index in [1.54, 1.807) is 0 Å². The van der Waals surface area contributed by atoms with E-state index in [0.29, 0.717) is 18.4 Å². The van der Waals surface area contributed by atoms with Gasteiger partial charge in [-0.1, -0.05) is 31.2 Å². The first-order chi connectivity index (χ1) is 9.10. The van der Waals surface area contributed by atoms with Crippen LogP contribution in [0.2, 0.25) is 0 Å². The number of hydrogen-bond acceptors (Lipinski definition) is 2. The normalized spacial score (nSPS) is 21.5. The Hall–Kier alpha value is -1.35. The van der Waals surface area contributed by atoms with Crippen molar-refractivity contribution in [3.63, 3.8) is 0 Å². The Labute approximate surface area is 115 Å². The number of aliphatic carboxylic acids is 1. The molecule has 1 aliphatic rings. The lowest BCUT2D eigenvalue weighted by molar-refractivity contribution is -0.138. The Morgan fingerprint density at radius 3 is 2.68 bits per heavy atom. The Morgan fingerprint density at radius 1 is 1.42 bits per heavy atom. The highest BCUT2D eigenvalue weighted by molar-refractivity contribution is 5.67. The minimum absolute atomic E-state index is 0.304. The summed E-state index contributed by atoms with van der Waals surface area (Å²) >= 11 is 0. The highest BCUT2D eigenvalue weighted by Gasteiger charge is 2.27. The monoisotopic (exact) mass is 261 g/mol. The van der Waals surface area contributed by atoms with Crippen LogP contribution in [-0.4, -0.2) is 29.1 Å². The summed E-state index contributed by atoms with van der Waals surface area (Å²) in [4.78, 5) is 13.2. The summed E-state index contributed by atoms with van der Waals surface area (Å²) in [6.07, 6.45) is 2.38. The first-order valence-corrected chi connectivity index (χ1v) is 7.14. The van der Waals surface area contributed by atoms with Gasteiger partial charge in [-0.2, -0.15) is 0 Å². The molecule has 1 N–H and O–H groups in total. The Morgan fingerprint density at radius 2 is 2.11 bits per heavy atom. The predicted octanol–water partition coefficient (Wildman–Crippen LogP) is 3.11. The molecule has 104 valence electrons. The van der Waals surface area contributed by atoms with Crippen molar-refractivity contribution in [2.24, 2.45) is 5.92 Å². The number of aryl methyl sites for hydroxylation is 1. The average Bonchev–Trinajstić information content (AvgIpc) is 2.85. The zero-order valence-electron chi connectivity index (χ0n) is 11.8. The average molecular weight is 261 g/mol. The molecule has 1 fully saturated rings. The van der Waals surface area contributed by atoms with Gasteiger partial charge in [0.2, 0.25) is 0 Å². The molecule has 0 aromatic heterocycles. The summed E-state index contributed by atoms with van der Waals surface area (Å²) in [5.74, 6) is -0.360. The standard InChI is InChI=1S/C16H23NO2/c1-3-13-4-6-15(7-5-13)12(2)17-9-8-14(11-17)10-16(18)19/h4-7,12,14H,3,8-11H2,1-2H3,(H,18,19). The molecule has 0 spiro atoms. The van der Waals surface area contributed by atoms with Crippen molar-refractivity contribution in [2.75, 3.05) is 13.1 Å². The molecule has 3 heteroatoms. The number of carboxylic acid groups (broad SMARTS) is 1. The number of carboxylic acids is 1. The van der Waals surface area contributed by atoms with Crippen LogP contribution in [0.3, 0.4) is 0 Å². The minimum Gasteiger partial charge on any atom is -0.481 e. The van der Waals surface area contributed by atoms with Crippen LogP contribution in [0.1, 0.15) is 43.9 Å². The first-order valence-electron chi connectivity index (χ1n) is 7.14. The summed E-state index contributed by atoms with van der Waals surface area (Å²) in [5, 5.41) is 8.85. The molecule has 0 saturated carbocycles. The van der Waals surface area contributed by atoms with E-state index >= 15 is 0 Å². The number of likely N-dealkylation sites (tertiary alicyclic amines) is 1. The van der Waals surface area contributed by atoms with Crippen LogP contribution in [0.4, 0.5) is 0 Å². The Bertz CT molecular complexity index is 427. The highest BCUT2D eigenvalue weighted by Crippen LogP contribution is 2.28. The molecule has 1 saturated heterocycles. The molecule has 0 bridgehead atoms. The fourth-order valence-electron chi connectivity index (χ4n) is 2.87. The summed E-state index contributed by atoms with van der Waals surface area (Å²) in [6, 6.07) is 9.17. The van der Waals surface area contributed by atoms with Gasteiger partial charge in [0, 0.05) is 19.0 Å². The second kappa shape index (κ2) is 6.20. The van der Waals surface area contributed by atoms with Crippen molar-refractivity contribution in [1.29, 1.82) is 0 Å². The van der Waals surface area contributed by atoms with Crippen molar-refractivity contribution in [2.45, 2.75) is 39.2 Å². The molecule has 0 amide bonds. The SMILES string of the molecule is CCc1ccc(C(C)N2CCC(CC(=O)O)C2)cc1. The minimum atomic E-state index is -0.674. The molecular formula is C16H23NO2. The van der Waals surface area contributed by atoms with Gasteiger partial charge in [0.15, 0.2) is 0 Å². The van der Waals surface area contributed by atoms with Crippen LogP contribution in [0, 0.1) is 5.92 Å². The Balaban J connectivity index is 1.96. The van der Waals surface area contributed by atoms with Gasteiger partial charge >= 0.3 is 5.97 Å². The third kappa shape index (κ3) is 3.57. The van der Waals surface area contributed by atoms with Crippen LogP contribution < -0.4 is 0 Å². The van der Waals surface area contributed by atoms with Crippen molar-refractivity contribution >= 4 is 5.97 Å². The zero-order valence-corrected chi connectivity index (χ0v) is 11.8. The van der Waals surface area contributed by atoms with Crippen molar-refractivity contribution in [3.05, 3.63) is 35.4 Å². The van der Waals surface area contributed by atoms with Crippen LogP contribution >= 0.6 is 0 Å². The van der Waals surface area contributed by atoms with Gasteiger partial charge in [-0.25, -0.2) is 0 Å². The third-order valence-electron chi connectivity index (χ3n) is 4.20. The topological polar surface area (TPSA) is 40.5 Å². The summed E-state index contributed by atoms with van der Waals surface area (Å²) in [6.45, 7) is 6.29. The van der Waals surface area contributed by atoms with Crippen LogP contribution in [0.5, 0.6) is 0 Å². The Kier molecular flexibility index (Phi) is 4.59. The van der Waals surface area contributed by atoms with E-state index in [2.05, 4.69) is 43.0 Å². The molecule has 3 nitrogen and oxygen atoms in total. The number of nitrogens with zero attached hydrogens (tertiary/aromatic N) is 1. The van der Waals surface area contributed by atoms with E-state index in [4.69, 9.17) is 5.11 Å². The lowest BCUT2D eigenvalue weighted by Crippen LogP contribution is -2.25. The van der Waals surface area contributed by atoms with Gasteiger partial charge in [0.1, 0.15) is 0 Å². The van der Waals surface area contributed by atoms with Gasteiger partial charge in [0.25, 0.3) is 0 Å². The first kappa shape index (κ1) is 14.1. The summed E-state index contributed by atoms with van der Waals surface area (Å²) < 4.78 is 0. The van der Waals surface area contributed by atoms with E-state index in [1.165, 1.54) is 11.1 Å². The van der Waals surface area contributed by atoms with E-state index in [9.17, 15) is 4.79 Å². The number of carbonyl (C=O) groups is 1. The summed E-state index contributed by atoms with van der Waals surface area (Å²) in [5.41, 5.74) is 2.69. The van der Waals surface area contributed by atoms with E-state index < -0.39 is 5.97 Å². The van der Waals surface area contributed by atoms with Crippen molar-refractivity contribution < 1.29 is 9.90 Å². The fraction of sp³-hybridized carbons (Fsp3) is 0.562. The second-order valence-corrected chi connectivity index (χ2v) is 5.52. The quantitative estimate of drug-likeness (QED) is 0.885. The number of rotatable bonds is 5. The van der Waals surface area contributed by atoms with E-state index in [1.807, 2.05) is 0 Å². The van der Waals surface area contributed by atoms with Crippen LogP contribution in [0.15, 0.2) is 24.3 Å². The molecule has 1 aliphatic heterocycles. The maximum Gasteiger partial charge on any atom is 0.303 e. The van der Waals surface area contributed by atoms with Crippen LogP contribution in [-0.2, 0) is 11.2 Å². The molecule has 2 rings (SSSR count). The lowest BCUT2D eigenvalue weighted by atomic mass is 10.0. The van der Waals surface area contributed by atoms with Crippen molar-refractivity contribution in [3.8, 4) is 0 Å². The molecule has 2 atom stereocenters. The maximum absolute atomic E-state index is 10.8. The second-order valence-electron chi connectivity index (χ2n) is 5.52. The van der Waals surface area contributed by atoms with Gasteiger partial charge in [0.05, 0.1) is 0 Å². The molecular weight excluding hydrogens is 238 g/mol. The smallest absolute Gasteiger partial charge is 0.303 e. The highest BCUT2D eigenvalue weighted by atomic mass is 16.4. The van der Waals surface area contributed by atoms with Crippen LogP contribution in [0.25, 0.3) is 0 Å². The molecule has 19 heavy (non-hydrogen) atoms. The molecule has 0 aliphatic carbocycles. The van der Waals surface area contributed by atoms with Gasteiger partial charge in [-0.05, 0) is 43.4 Å². The van der Waals surface area contributed by atoms with E-state index in [0.717, 1.165) is 25.9 Å². The molecule has 1 aromatic carbocycles. The lowest BCUT2D eigenvalue weighted by Gasteiger charge is -2.24. The molecule has 0 radical (unpaired) electrons. The predicted molar refractivity (Wildman–Crippen MR) is 76.2 cm³/mol. The zero-order chi connectivity index (χ0) is 13.8. The van der Waals surface area contributed by atoms with Crippen molar-refractivity contribution in [1.82, 2.24) is 4.90 Å². The summed E-state index contributed by atoms with van der Waals surface area (Å²) in [7, 11) is 0. The largest absolute Gasteiger partial charge is 0.481 e. The maximum atomic E-state index is 10.8. The fourth-order valence-corrected chi connectivity index (χ4v) is 2.87.